The fourth-order valence-corrected chi connectivity index (χ4v) is 4.51. The van der Waals surface area contributed by atoms with Crippen LogP contribution >= 0.6 is 11.8 Å². The van der Waals surface area contributed by atoms with Crippen molar-refractivity contribution in [1.29, 1.82) is 0 Å². The lowest BCUT2D eigenvalue weighted by molar-refractivity contribution is -0.385. The van der Waals surface area contributed by atoms with Gasteiger partial charge < -0.3 is 24.8 Å². The number of rotatable bonds is 14. The largest absolute Gasteiger partial charge is 0.508 e. The van der Waals surface area contributed by atoms with Crippen molar-refractivity contribution < 1.29 is 43.2 Å². The molecule has 0 spiro atoms. The first kappa shape index (κ1) is 30.8. The molecular weight excluding hydrogens is 564 g/mol. The summed E-state index contributed by atoms with van der Waals surface area (Å²) in [5.41, 5.74) is 0.954. The Morgan fingerprint density at radius 1 is 0.854 bits per heavy atom. The van der Waals surface area contributed by atoms with Crippen molar-refractivity contribution in [3.05, 3.63) is 79.9 Å². The van der Waals surface area contributed by atoms with Gasteiger partial charge in [-0.1, -0.05) is 11.8 Å². The van der Waals surface area contributed by atoms with E-state index in [0.717, 1.165) is 11.8 Å². The van der Waals surface area contributed by atoms with Crippen LogP contribution in [-0.2, 0) is 37.0 Å². The van der Waals surface area contributed by atoms with Crippen molar-refractivity contribution in [2.24, 2.45) is 5.92 Å². The fourth-order valence-electron chi connectivity index (χ4n) is 3.42. The van der Waals surface area contributed by atoms with Crippen LogP contribution in [0.2, 0.25) is 0 Å². The number of carbonyl (C=O) groups excluding carboxylic acids is 4. The smallest absolute Gasteiger partial charge is 0.445 e. The van der Waals surface area contributed by atoms with Gasteiger partial charge in [0.15, 0.2) is 5.12 Å². The average Bonchev–Trinajstić information content (AvgIpc) is 2.95. The topological polar surface area (TPSA) is 206 Å². The summed E-state index contributed by atoms with van der Waals surface area (Å²) in [6, 6.07) is 11.0. The minimum Gasteiger partial charge on any atom is -0.445 e. The summed E-state index contributed by atoms with van der Waals surface area (Å²) in [5, 5.41) is 25.7. The molecular formula is C25H26N4O11S. The van der Waals surface area contributed by atoms with E-state index in [1.165, 1.54) is 48.5 Å². The monoisotopic (exact) mass is 590 g/mol. The zero-order chi connectivity index (χ0) is 29.8. The predicted octanol–water partition coefficient (Wildman–Crippen LogP) is 3.58. The van der Waals surface area contributed by atoms with E-state index in [1.807, 2.05) is 0 Å². The molecule has 0 aromatic heterocycles. The van der Waals surface area contributed by atoms with E-state index in [4.69, 9.17) is 14.2 Å². The molecule has 16 heteroatoms. The molecule has 15 nitrogen and oxygen atoms in total. The first-order valence-electron chi connectivity index (χ1n) is 12.3. The number of carbonyl (C=O) groups is 4. The molecule has 2 aromatic carbocycles. The van der Waals surface area contributed by atoms with Crippen molar-refractivity contribution in [2.75, 3.05) is 13.2 Å². The molecule has 1 heterocycles. The molecule has 0 bridgehead atoms. The number of ether oxygens (including phenoxy) is 3. The number of β-lactam (4-membered cyclic amide) rings is 1. The van der Waals surface area contributed by atoms with E-state index in [9.17, 15) is 39.4 Å². The molecule has 2 N–H and O–H groups in total. The maximum atomic E-state index is 12.3. The first-order chi connectivity index (χ1) is 19.6. The quantitative estimate of drug-likeness (QED) is 0.106. The molecule has 41 heavy (non-hydrogen) atoms. The molecule has 0 saturated carbocycles. The minimum absolute atomic E-state index is 0.0472. The number of hydrogen-bond acceptors (Lipinski definition) is 12. The molecule has 1 aliphatic rings. The highest BCUT2D eigenvalue weighted by molar-refractivity contribution is 8.14. The van der Waals surface area contributed by atoms with Crippen LogP contribution in [0.5, 0.6) is 0 Å². The van der Waals surface area contributed by atoms with E-state index >= 15 is 0 Å². The second-order valence-corrected chi connectivity index (χ2v) is 9.88. The van der Waals surface area contributed by atoms with Crippen LogP contribution in [0.3, 0.4) is 0 Å². The van der Waals surface area contributed by atoms with Gasteiger partial charge in [-0.15, -0.1) is 0 Å². The second kappa shape index (κ2) is 15.2. The number of hydrogen-bond donors (Lipinski definition) is 2. The van der Waals surface area contributed by atoms with Gasteiger partial charge in [0.05, 0.1) is 15.2 Å². The Morgan fingerprint density at radius 3 is 1.95 bits per heavy atom. The number of thioether (sulfide) groups is 1. The lowest BCUT2D eigenvalue weighted by atomic mass is 10.0. The van der Waals surface area contributed by atoms with Crippen LogP contribution in [-0.4, -0.2) is 51.6 Å². The second-order valence-electron chi connectivity index (χ2n) is 8.68. The van der Waals surface area contributed by atoms with Gasteiger partial charge in [0.1, 0.15) is 25.7 Å². The summed E-state index contributed by atoms with van der Waals surface area (Å²) in [4.78, 5) is 68.0. The van der Waals surface area contributed by atoms with Gasteiger partial charge in [-0.25, -0.2) is 9.59 Å². The number of nitro groups is 2. The molecule has 2 atom stereocenters. The number of nitrogens with one attached hydrogen (secondary N) is 2. The number of nitrogens with zero attached hydrogens (tertiary/aromatic N) is 2. The highest BCUT2D eigenvalue weighted by atomic mass is 32.2. The number of unbranched alkanes of at least 4 members (excludes halogenated alkanes) is 1. The number of benzene rings is 2. The Bertz CT molecular complexity index is 1270. The Kier molecular flexibility index (Phi) is 11.4. The fraction of sp³-hybridized carbons (Fsp3) is 0.360. The Hall–Kier alpha value is -4.73. The van der Waals surface area contributed by atoms with Gasteiger partial charge >= 0.3 is 12.2 Å². The normalized spacial score (nSPS) is 15.6. The molecule has 0 aliphatic carbocycles. The van der Waals surface area contributed by atoms with Crippen LogP contribution in [0.1, 0.15) is 30.4 Å². The summed E-state index contributed by atoms with van der Waals surface area (Å²) in [6.45, 7) is -0.220. The third-order valence-corrected chi connectivity index (χ3v) is 6.89. The molecule has 0 unspecified atom stereocenters. The zero-order valence-corrected chi connectivity index (χ0v) is 22.3. The van der Waals surface area contributed by atoms with E-state index in [2.05, 4.69) is 10.6 Å². The molecule has 2 amide bonds. The number of non-ortho nitro benzene ring substituents is 2. The third-order valence-electron chi connectivity index (χ3n) is 5.72. The van der Waals surface area contributed by atoms with Crippen LogP contribution in [0.25, 0.3) is 0 Å². The number of alkyl carbamates (subject to hydrolysis) is 1. The Balaban J connectivity index is 1.24. The van der Waals surface area contributed by atoms with Crippen molar-refractivity contribution in [2.45, 2.75) is 37.9 Å². The van der Waals surface area contributed by atoms with Crippen molar-refractivity contribution in [3.8, 4) is 0 Å². The summed E-state index contributed by atoms with van der Waals surface area (Å²) >= 11 is 0.924. The predicted molar refractivity (Wildman–Crippen MR) is 142 cm³/mol. The van der Waals surface area contributed by atoms with Crippen LogP contribution < -0.4 is 10.6 Å². The first-order valence-corrected chi connectivity index (χ1v) is 13.2. The maximum absolute atomic E-state index is 12.3. The number of nitro benzene ring substituents is 2. The standard InChI is InChI=1S/C25H26N4O11S/c30-21(3-1-2-12-26-24(32)38-13-16-4-8-18(9-5-16)28(34)35)41-23-20(22(31)27-23)15-40-25(33)39-14-17-6-10-19(11-7-17)29(36)37/h4-11,20,23H,1-3,12-15H2,(H,26,32)(H,27,31)/t20-,23+/m0/s1. The van der Waals surface area contributed by atoms with E-state index in [1.54, 1.807) is 0 Å². The Morgan fingerprint density at radius 2 is 1.41 bits per heavy atom. The van der Waals surface area contributed by atoms with Crippen molar-refractivity contribution in [3.63, 3.8) is 0 Å². The SMILES string of the molecule is O=C(NCCCCC(=O)S[C@H]1NC(=O)[C@@H]1COC(=O)OCc1ccc([N+](=O)[O-])cc1)OCc1ccc([N+](=O)[O-])cc1. The number of amides is 2. The van der Waals surface area contributed by atoms with Gasteiger partial charge in [0, 0.05) is 37.2 Å². The van der Waals surface area contributed by atoms with Crippen LogP contribution in [0.15, 0.2) is 48.5 Å². The molecule has 218 valence electrons. The van der Waals surface area contributed by atoms with Crippen molar-refractivity contribution in [1.82, 2.24) is 10.6 Å². The summed E-state index contributed by atoms with van der Waals surface area (Å²) in [7, 11) is 0. The van der Waals surface area contributed by atoms with E-state index in [-0.39, 0.29) is 55.2 Å². The average molecular weight is 591 g/mol. The lowest BCUT2D eigenvalue weighted by Gasteiger charge is -2.34. The zero-order valence-electron chi connectivity index (χ0n) is 21.5. The van der Waals surface area contributed by atoms with Gasteiger partial charge in [0.2, 0.25) is 5.91 Å². The Labute approximate surface area is 237 Å². The van der Waals surface area contributed by atoms with Gasteiger partial charge in [0.25, 0.3) is 11.4 Å². The van der Waals surface area contributed by atoms with Crippen molar-refractivity contribution >= 4 is 46.4 Å². The lowest BCUT2D eigenvalue weighted by Crippen LogP contribution is -2.58. The highest BCUT2D eigenvalue weighted by Crippen LogP contribution is 2.28. The summed E-state index contributed by atoms with van der Waals surface area (Å²) < 4.78 is 15.0. The summed E-state index contributed by atoms with van der Waals surface area (Å²) in [5.74, 6) is -1.09. The van der Waals surface area contributed by atoms with Crippen LogP contribution in [0.4, 0.5) is 21.0 Å². The van der Waals surface area contributed by atoms with Gasteiger partial charge in [-0.05, 0) is 48.2 Å². The molecule has 1 fully saturated rings. The van der Waals surface area contributed by atoms with Gasteiger partial charge in [-0.2, -0.15) is 0 Å². The third kappa shape index (κ3) is 10.1. The minimum atomic E-state index is -1.02. The maximum Gasteiger partial charge on any atom is 0.508 e. The summed E-state index contributed by atoms with van der Waals surface area (Å²) in [6.07, 6.45) is -0.497. The van der Waals surface area contributed by atoms with E-state index < -0.39 is 33.4 Å². The van der Waals surface area contributed by atoms with E-state index in [0.29, 0.717) is 24.0 Å². The molecule has 2 aromatic rings. The molecule has 1 aliphatic heterocycles. The molecule has 3 rings (SSSR count). The highest BCUT2D eigenvalue weighted by Gasteiger charge is 2.42. The molecule has 0 radical (unpaired) electrons. The molecule has 1 saturated heterocycles. The van der Waals surface area contributed by atoms with Gasteiger partial charge in [-0.3, -0.25) is 29.8 Å². The van der Waals surface area contributed by atoms with Crippen LogP contribution in [0, 0.1) is 26.1 Å².